The molecule has 6 heteroatoms. The van der Waals surface area contributed by atoms with Gasteiger partial charge in [-0.15, -0.1) is 0 Å². The van der Waals surface area contributed by atoms with Crippen LogP contribution >= 0.6 is 0 Å². The molecule has 0 fully saturated rings. The van der Waals surface area contributed by atoms with E-state index in [1.807, 2.05) is 31.2 Å². The maximum absolute atomic E-state index is 11.7. The lowest BCUT2D eigenvalue weighted by atomic mass is 10.1. The van der Waals surface area contributed by atoms with E-state index >= 15 is 0 Å². The first-order valence-corrected chi connectivity index (χ1v) is 9.99. The molecule has 2 rings (SSSR count). The molecule has 25 heavy (non-hydrogen) atoms. The van der Waals surface area contributed by atoms with Gasteiger partial charge >= 0.3 is 0 Å². The summed E-state index contributed by atoms with van der Waals surface area (Å²) in [6.07, 6.45) is 1.23. The summed E-state index contributed by atoms with van der Waals surface area (Å²) < 4.78 is 23.4. The van der Waals surface area contributed by atoms with E-state index in [9.17, 15) is 8.42 Å². The lowest BCUT2D eigenvalue weighted by molar-refractivity contribution is 0.601. The molecule has 5 nitrogen and oxygen atoms in total. The van der Waals surface area contributed by atoms with E-state index in [0.717, 1.165) is 11.1 Å². The number of aryl methyl sites for hydroxylation is 2. The van der Waals surface area contributed by atoms with Crippen LogP contribution in [0.5, 0.6) is 0 Å². The molecule has 0 heterocycles. The Morgan fingerprint density at radius 3 is 2.28 bits per heavy atom. The average Bonchev–Trinajstić information content (AvgIpc) is 2.55. The van der Waals surface area contributed by atoms with Gasteiger partial charge in [0.15, 0.2) is 15.8 Å². The highest BCUT2D eigenvalue weighted by molar-refractivity contribution is 7.90. The predicted octanol–water partition coefficient (Wildman–Crippen LogP) is 2.57. The van der Waals surface area contributed by atoms with Gasteiger partial charge in [-0.2, -0.15) is 0 Å². The van der Waals surface area contributed by atoms with Crippen LogP contribution in [-0.2, 0) is 22.9 Å². The van der Waals surface area contributed by atoms with Crippen LogP contribution in [0.25, 0.3) is 0 Å². The van der Waals surface area contributed by atoms with E-state index in [0.29, 0.717) is 23.9 Å². The molecule has 0 aliphatic rings. The van der Waals surface area contributed by atoms with E-state index in [-0.39, 0.29) is 0 Å². The van der Waals surface area contributed by atoms with Gasteiger partial charge < -0.3 is 10.6 Å². The smallest absolute Gasteiger partial charge is 0.191 e. The molecule has 0 atom stereocenters. The van der Waals surface area contributed by atoms with Gasteiger partial charge in [0.25, 0.3) is 0 Å². The second-order valence-electron chi connectivity index (χ2n) is 6.08. The monoisotopic (exact) mass is 359 g/mol. The minimum Gasteiger partial charge on any atom is -0.352 e. The molecule has 0 saturated carbocycles. The molecule has 0 aliphatic carbocycles. The highest BCUT2D eigenvalue weighted by Crippen LogP contribution is 2.16. The lowest BCUT2D eigenvalue weighted by Gasteiger charge is -2.14. The van der Waals surface area contributed by atoms with E-state index in [4.69, 9.17) is 0 Å². The zero-order valence-electron chi connectivity index (χ0n) is 15.1. The normalized spacial score (nSPS) is 12.1. The molecule has 2 N–H and O–H groups in total. The molecule has 0 amide bonds. The number of hydrogen-bond acceptors (Lipinski definition) is 3. The van der Waals surface area contributed by atoms with Crippen molar-refractivity contribution in [1.82, 2.24) is 10.6 Å². The Bertz CT molecular complexity index is 874. The first-order chi connectivity index (χ1) is 11.8. The number of hydrogen-bond donors (Lipinski definition) is 2. The van der Waals surface area contributed by atoms with Gasteiger partial charge in [-0.3, -0.25) is 4.99 Å². The Hall–Kier alpha value is -2.34. The van der Waals surface area contributed by atoms with Gasteiger partial charge in [0.2, 0.25) is 0 Å². The fourth-order valence-electron chi connectivity index (χ4n) is 2.63. The van der Waals surface area contributed by atoms with Crippen molar-refractivity contribution in [3.05, 3.63) is 64.7 Å². The van der Waals surface area contributed by atoms with Gasteiger partial charge in [0.1, 0.15) is 0 Å². The molecule has 0 spiro atoms. The van der Waals surface area contributed by atoms with Crippen molar-refractivity contribution in [2.24, 2.45) is 4.99 Å². The fraction of sp³-hybridized carbons (Fsp3) is 0.316. The molecule has 2 aromatic rings. The van der Waals surface area contributed by atoms with Crippen molar-refractivity contribution in [3.63, 3.8) is 0 Å². The summed E-state index contributed by atoms with van der Waals surface area (Å²) in [5, 5.41) is 6.54. The minimum atomic E-state index is -3.19. The SMILES string of the molecule is CN=C(NCc1ccc(S(C)(=O)=O)c(C)c1)NCc1ccccc1C. The first kappa shape index (κ1) is 19.0. The fourth-order valence-corrected chi connectivity index (χ4v) is 3.59. The molecule has 2 aromatic carbocycles. The van der Waals surface area contributed by atoms with Crippen LogP contribution in [0, 0.1) is 13.8 Å². The van der Waals surface area contributed by atoms with Crippen molar-refractivity contribution >= 4 is 15.8 Å². The Balaban J connectivity index is 1.97. The van der Waals surface area contributed by atoms with Crippen LogP contribution in [-0.4, -0.2) is 27.7 Å². The second-order valence-corrected chi connectivity index (χ2v) is 8.06. The number of sulfone groups is 1. The molecule has 0 aliphatic heterocycles. The van der Waals surface area contributed by atoms with Crippen LogP contribution < -0.4 is 10.6 Å². The Morgan fingerprint density at radius 2 is 1.68 bits per heavy atom. The molecule has 134 valence electrons. The van der Waals surface area contributed by atoms with Crippen molar-refractivity contribution in [3.8, 4) is 0 Å². The molecular weight excluding hydrogens is 334 g/mol. The van der Waals surface area contributed by atoms with Crippen LogP contribution in [0.1, 0.15) is 22.3 Å². The van der Waals surface area contributed by atoms with Gasteiger partial charge in [-0.1, -0.05) is 36.4 Å². The zero-order valence-corrected chi connectivity index (χ0v) is 15.9. The van der Waals surface area contributed by atoms with Crippen LogP contribution in [0.3, 0.4) is 0 Å². The van der Waals surface area contributed by atoms with Gasteiger partial charge in [0, 0.05) is 26.4 Å². The van der Waals surface area contributed by atoms with Crippen molar-refractivity contribution in [2.75, 3.05) is 13.3 Å². The Morgan fingerprint density at radius 1 is 1.00 bits per heavy atom. The third-order valence-corrected chi connectivity index (χ3v) is 5.29. The zero-order chi connectivity index (χ0) is 18.4. The lowest BCUT2D eigenvalue weighted by Crippen LogP contribution is -2.36. The summed E-state index contributed by atoms with van der Waals surface area (Å²) in [5.74, 6) is 0.702. The van der Waals surface area contributed by atoms with E-state index in [2.05, 4.69) is 34.7 Å². The Labute approximate surface area is 150 Å². The predicted molar refractivity (Wildman–Crippen MR) is 103 cm³/mol. The topological polar surface area (TPSA) is 70.6 Å². The molecule has 0 aromatic heterocycles. The van der Waals surface area contributed by atoms with Gasteiger partial charge in [-0.25, -0.2) is 8.42 Å². The minimum absolute atomic E-state index is 0.373. The van der Waals surface area contributed by atoms with E-state index in [1.54, 1.807) is 13.1 Å². The Kier molecular flexibility index (Phi) is 6.20. The van der Waals surface area contributed by atoms with Crippen molar-refractivity contribution < 1.29 is 8.42 Å². The highest BCUT2D eigenvalue weighted by atomic mass is 32.2. The molecule has 0 bridgehead atoms. The summed E-state index contributed by atoms with van der Waals surface area (Å²) in [6, 6.07) is 13.6. The second kappa shape index (κ2) is 8.16. The maximum Gasteiger partial charge on any atom is 0.191 e. The quantitative estimate of drug-likeness (QED) is 0.636. The molecule has 0 saturated heterocycles. The number of aliphatic imine (C=N–C) groups is 1. The summed E-state index contributed by atoms with van der Waals surface area (Å²) in [5.41, 5.74) is 4.21. The van der Waals surface area contributed by atoms with Crippen molar-refractivity contribution in [1.29, 1.82) is 0 Å². The van der Waals surface area contributed by atoms with E-state index in [1.165, 1.54) is 17.4 Å². The summed E-state index contributed by atoms with van der Waals surface area (Å²) in [4.78, 5) is 4.60. The molecular formula is C19H25N3O2S. The standard InChI is InChI=1S/C19H25N3O2S/c1-14-7-5-6-8-17(14)13-22-19(20-3)21-12-16-9-10-18(15(2)11-16)25(4,23)24/h5-11H,12-13H2,1-4H3,(H2,20,21,22). The number of nitrogens with zero attached hydrogens (tertiary/aromatic N) is 1. The average molecular weight is 359 g/mol. The number of nitrogens with one attached hydrogen (secondary N) is 2. The van der Waals surface area contributed by atoms with Gasteiger partial charge in [0.05, 0.1) is 4.90 Å². The number of guanidine groups is 1. The molecule has 0 unspecified atom stereocenters. The van der Waals surface area contributed by atoms with Crippen LogP contribution in [0.4, 0.5) is 0 Å². The summed E-state index contributed by atoms with van der Waals surface area (Å²) in [6.45, 7) is 5.15. The number of benzene rings is 2. The third-order valence-electron chi connectivity index (χ3n) is 4.03. The largest absolute Gasteiger partial charge is 0.352 e. The van der Waals surface area contributed by atoms with Crippen LogP contribution in [0.2, 0.25) is 0 Å². The third kappa shape index (κ3) is 5.32. The molecule has 0 radical (unpaired) electrons. The van der Waals surface area contributed by atoms with E-state index < -0.39 is 9.84 Å². The van der Waals surface area contributed by atoms with Crippen LogP contribution in [0.15, 0.2) is 52.4 Å². The number of rotatable bonds is 5. The summed E-state index contributed by atoms with van der Waals surface area (Å²) >= 11 is 0. The first-order valence-electron chi connectivity index (χ1n) is 8.10. The highest BCUT2D eigenvalue weighted by Gasteiger charge is 2.11. The van der Waals surface area contributed by atoms with Crippen molar-refractivity contribution in [2.45, 2.75) is 31.8 Å². The summed E-state index contributed by atoms with van der Waals surface area (Å²) in [7, 11) is -1.46. The van der Waals surface area contributed by atoms with Gasteiger partial charge in [-0.05, 0) is 42.2 Å². The maximum atomic E-state index is 11.7.